The molecule has 0 amide bonds. The lowest BCUT2D eigenvalue weighted by Gasteiger charge is -2.46. The average molecular weight is 404 g/mol. The van der Waals surface area contributed by atoms with Crippen molar-refractivity contribution in [2.24, 2.45) is 0 Å². The summed E-state index contributed by atoms with van der Waals surface area (Å²) in [5, 5.41) is 4.38. The third kappa shape index (κ3) is 4.52. The van der Waals surface area contributed by atoms with Gasteiger partial charge in [-0.15, -0.1) is 24.8 Å². The minimum absolute atomic E-state index is 0. The highest BCUT2D eigenvalue weighted by molar-refractivity contribution is 5.85. The number of nitrogens with zero attached hydrogens (tertiary/aromatic N) is 1. The van der Waals surface area contributed by atoms with E-state index < -0.39 is 0 Å². The number of aromatic amines is 1. The summed E-state index contributed by atoms with van der Waals surface area (Å²) in [4.78, 5) is 5.84. The van der Waals surface area contributed by atoms with E-state index in [1.54, 1.807) is 6.07 Å². The molecule has 1 spiro atoms. The third-order valence-electron chi connectivity index (χ3n) is 5.66. The maximum absolute atomic E-state index is 13.4. The van der Waals surface area contributed by atoms with E-state index in [2.05, 4.69) is 28.3 Å². The maximum Gasteiger partial charge on any atom is 0.123 e. The maximum atomic E-state index is 13.4. The topological polar surface area (TPSA) is 40.3 Å². The van der Waals surface area contributed by atoms with E-state index >= 15 is 0 Å². The van der Waals surface area contributed by atoms with Crippen LogP contribution in [-0.2, 0) is 11.3 Å². The number of nitrogens with one attached hydrogen (secondary N) is 2. The van der Waals surface area contributed by atoms with Crippen molar-refractivity contribution >= 4 is 35.7 Å². The molecule has 2 aliphatic rings. The molecule has 0 aliphatic carbocycles. The second-order valence-corrected chi connectivity index (χ2v) is 7.37. The Bertz CT molecular complexity index is 712. The van der Waals surface area contributed by atoms with Crippen molar-refractivity contribution < 1.29 is 9.13 Å². The smallest absolute Gasteiger partial charge is 0.123 e. The van der Waals surface area contributed by atoms with Crippen LogP contribution in [0.25, 0.3) is 10.9 Å². The minimum Gasteiger partial charge on any atom is -0.375 e. The molecule has 2 aromatic rings. The van der Waals surface area contributed by atoms with E-state index in [9.17, 15) is 4.39 Å². The summed E-state index contributed by atoms with van der Waals surface area (Å²) in [5.41, 5.74) is 2.22. The van der Waals surface area contributed by atoms with Gasteiger partial charge in [0.05, 0.1) is 5.60 Å². The lowest BCUT2D eigenvalue weighted by Crippen LogP contribution is -2.52. The number of halogens is 3. The van der Waals surface area contributed by atoms with Gasteiger partial charge in [0.25, 0.3) is 0 Å². The zero-order chi connectivity index (χ0) is 16.6. The van der Waals surface area contributed by atoms with Crippen molar-refractivity contribution in [3.05, 3.63) is 35.8 Å². The molecule has 7 heteroatoms. The number of hydrogen-bond acceptors (Lipinski definition) is 3. The van der Waals surface area contributed by atoms with Crippen molar-refractivity contribution in [3.8, 4) is 0 Å². The molecule has 0 saturated carbocycles. The lowest BCUT2D eigenvalue weighted by molar-refractivity contribution is -0.119. The Labute approximate surface area is 166 Å². The Balaban J connectivity index is 0.00000121. The highest BCUT2D eigenvalue weighted by Gasteiger charge is 2.39. The van der Waals surface area contributed by atoms with E-state index in [0.717, 1.165) is 68.5 Å². The largest absolute Gasteiger partial charge is 0.375 e. The molecule has 2 fully saturated rings. The summed E-state index contributed by atoms with van der Waals surface area (Å²) in [5.74, 6) is -0.182. The predicted molar refractivity (Wildman–Crippen MR) is 108 cm³/mol. The molecule has 1 unspecified atom stereocenters. The molecule has 1 aromatic carbocycles. The number of ether oxygens (including phenoxy) is 1. The van der Waals surface area contributed by atoms with E-state index in [1.807, 2.05) is 6.07 Å². The van der Waals surface area contributed by atoms with Crippen molar-refractivity contribution in [2.75, 3.05) is 26.7 Å². The van der Waals surface area contributed by atoms with Gasteiger partial charge in [-0.3, -0.25) is 4.90 Å². The van der Waals surface area contributed by atoms with Crippen LogP contribution < -0.4 is 5.32 Å². The Morgan fingerprint density at radius 3 is 2.77 bits per heavy atom. The van der Waals surface area contributed by atoms with Gasteiger partial charge in [0, 0.05) is 35.8 Å². The number of piperidine rings is 1. The van der Waals surface area contributed by atoms with Gasteiger partial charge >= 0.3 is 0 Å². The number of fused-ring (bicyclic) bond motifs is 1. The van der Waals surface area contributed by atoms with Gasteiger partial charge in [0.15, 0.2) is 0 Å². The van der Waals surface area contributed by atoms with Crippen LogP contribution in [0.3, 0.4) is 0 Å². The minimum atomic E-state index is -0.182. The van der Waals surface area contributed by atoms with Gasteiger partial charge in [0.2, 0.25) is 0 Å². The fourth-order valence-electron chi connectivity index (χ4n) is 4.26. The molecule has 2 saturated heterocycles. The quantitative estimate of drug-likeness (QED) is 0.816. The summed E-state index contributed by atoms with van der Waals surface area (Å²) in [7, 11) is 2.19. The molecule has 0 bridgehead atoms. The fraction of sp³-hybridized carbons (Fsp3) is 0.579. The molecule has 0 radical (unpaired) electrons. The molecular weight excluding hydrogens is 376 g/mol. The number of H-pyrrole nitrogens is 1. The standard InChI is InChI=1S/C19H26FN3O.2ClH/c1-23(13-16-11-14-10-15(20)2-3-18(14)22-16)17-4-9-24-19(12-17)5-7-21-8-6-19;;/h2-3,10-11,17,21-22H,4-9,12-13H2,1H3;2*1H. The third-order valence-corrected chi connectivity index (χ3v) is 5.66. The Kier molecular flexibility index (Phi) is 7.34. The van der Waals surface area contributed by atoms with Crippen molar-refractivity contribution in [1.29, 1.82) is 0 Å². The van der Waals surface area contributed by atoms with Crippen LogP contribution >= 0.6 is 24.8 Å². The molecule has 146 valence electrons. The van der Waals surface area contributed by atoms with Gasteiger partial charge in [-0.1, -0.05) is 0 Å². The predicted octanol–water partition coefficient (Wildman–Crippen LogP) is 3.88. The highest BCUT2D eigenvalue weighted by Crippen LogP contribution is 2.35. The molecule has 1 atom stereocenters. The summed E-state index contributed by atoms with van der Waals surface area (Å²) >= 11 is 0. The van der Waals surface area contributed by atoms with Crippen LogP contribution in [0.4, 0.5) is 4.39 Å². The molecule has 1 aromatic heterocycles. The first-order chi connectivity index (χ1) is 11.6. The van der Waals surface area contributed by atoms with Crippen LogP contribution in [0.5, 0.6) is 0 Å². The van der Waals surface area contributed by atoms with Crippen LogP contribution in [0.15, 0.2) is 24.3 Å². The van der Waals surface area contributed by atoms with Gasteiger partial charge in [-0.05, 0) is 70.1 Å². The number of hydrogen-bond donors (Lipinski definition) is 2. The Morgan fingerprint density at radius 1 is 1.23 bits per heavy atom. The summed E-state index contributed by atoms with van der Waals surface area (Å²) < 4.78 is 19.5. The van der Waals surface area contributed by atoms with Gasteiger partial charge in [-0.2, -0.15) is 0 Å². The number of aromatic nitrogens is 1. The van der Waals surface area contributed by atoms with Crippen LogP contribution in [0.1, 0.15) is 31.4 Å². The van der Waals surface area contributed by atoms with E-state index in [4.69, 9.17) is 4.74 Å². The van der Waals surface area contributed by atoms with Crippen LogP contribution in [-0.4, -0.2) is 48.3 Å². The molecule has 26 heavy (non-hydrogen) atoms. The van der Waals surface area contributed by atoms with E-state index in [1.165, 1.54) is 6.07 Å². The Morgan fingerprint density at radius 2 is 2.00 bits per heavy atom. The second-order valence-electron chi connectivity index (χ2n) is 7.37. The van der Waals surface area contributed by atoms with Crippen LogP contribution in [0, 0.1) is 5.82 Å². The van der Waals surface area contributed by atoms with Crippen LogP contribution in [0.2, 0.25) is 0 Å². The lowest BCUT2D eigenvalue weighted by atomic mass is 9.82. The SMILES string of the molecule is CN(Cc1cc2cc(F)ccc2[nH]1)C1CCOC2(CCNCC2)C1.Cl.Cl. The van der Waals surface area contributed by atoms with E-state index in [-0.39, 0.29) is 36.2 Å². The van der Waals surface area contributed by atoms with Gasteiger partial charge in [0.1, 0.15) is 5.82 Å². The summed E-state index contributed by atoms with van der Waals surface area (Å²) in [6, 6.07) is 7.51. The van der Waals surface area contributed by atoms with Gasteiger partial charge < -0.3 is 15.0 Å². The first-order valence-electron chi connectivity index (χ1n) is 8.96. The molecule has 4 rings (SSSR count). The molecule has 4 nitrogen and oxygen atoms in total. The van der Waals surface area contributed by atoms with Gasteiger partial charge in [-0.25, -0.2) is 4.39 Å². The average Bonchev–Trinajstić information content (AvgIpc) is 2.97. The molecule has 3 heterocycles. The van der Waals surface area contributed by atoms with E-state index in [0.29, 0.717) is 6.04 Å². The molecule has 2 aliphatic heterocycles. The van der Waals surface area contributed by atoms with Crippen molar-refractivity contribution in [1.82, 2.24) is 15.2 Å². The zero-order valence-corrected chi connectivity index (χ0v) is 16.7. The summed E-state index contributed by atoms with van der Waals surface area (Å²) in [6.07, 6.45) is 4.42. The van der Waals surface area contributed by atoms with Crippen molar-refractivity contribution in [3.63, 3.8) is 0 Å². The monoisotopic (exact) mass is 403 g/mol. The molecule has 2 N–H and O–H groups in total. The summed E-state index contributed by atoms with van der Waals surface area (Å²) in [6.45, 7) is 3.83. The second kappa shape index (κ2) is 8.89. The highest BCUT2D eigenvalue weighted by atomic mass is 35.5. The fourth-order valence-corrected chi connectivity index (χ4v) is 4.26. The normalized spacial score (nSPS) is 22.2. The number of rotatable bonds is 3. The Hall–Kier alpha value is -0.850. The molecular formula is C19H28Cl2FN3O. The zero-order valence-electron chi connectivity index (χ0n) is 15.1. The first-order valence-corrected chi connectivity index (χ1v) is 8.96. The van der Waals surface area contributed by atoms with Crippen molar-refractivity contribution in [2.45, 2.75) is 43.9 Å². The first kappa shape index (κ1) is 21.5. The number of benzene rings is 1.